The van der Waals surface area contributed by atoms with Crippen LogP contribution < -0.4 is 15.8 Å². The number of fused-ring (bicyclic) bond motifs is 1. The molecule has 3 aromatic rings. The molecule has 0 atom stereocenters. The average Bonchev–Trinajstić information content (AvgIpc) is 2.88. The maximum Gasteiger partial charge on any atom is 0.252 e. The molecule has 0 radical (unpaired) electrons. The molecule has 9 heteroatoms. The zero-order valence-electron chi connectivity index (χ0n) is 20.0. The molecule has 186 valence electrons. The number of pyridine rings is 1. The summed E-state index contributed by atoms with van der Waals surface area (Å²) < 4.78 is 27.8. The van der Waals surface area contributed by atoms with Gasteiger partial charge in [0.15, 0.2) is 0 Å². The van der Waals surface area contributed by atoms with Crippen LogP contribution in [0.1, 0.15) is 43.0 Å². The average molecular weight is 497 g/mol. The first-order valence-corrected chi connectivity index (χ1v) is 13.6. The molecule has 4 rings (SSSR count). The van der Waals surface area contributed by atoms with Gasteiger partial charge in [-0.2, -0.15) is 4.31 Å². The number of para-hydroxylation sites is 1. The highest BCUT2D eigenvalue weighted by Gasteiger charge is 2.26. The Morgan fingerprint density at radius 2 is 1.80 bits per heavy atom. The smallest absolute Gasteiger partial charge is 0.252 e. The van der Waals surface area contributed by atoms with Crippen LogP contribution in [0.2, 0.25) is 0 Å². The van der Waals surface area contributed by atoms with Gasteiger partial charge in [0.1, 0.15) is 0 Å². The summed E-state index contributed by atoms with van der Waals surface area (Å²) in [7, 11) is -3.66. The Morgan fingerprint density at radius 3 is 2.51 bits per heavy atom. The van der Waals surface area contributed by atoms with E-state index in [1.807, 2.05) is 18.2 Å². The van der Waals surface area contributed by atoms with Crippen molar-refractivity contribution in [1.82, 2.24) is 14.6 Å². The van der Waals surface area contributed by atoms with Crippen molar-refractivity contribution >= 4 is 32.5 Å². The first-order chi connectivity index (χ1) is 16.9. The fraction of sp³-hybridized carbons (Fsp3) is 0.385. The molecule has 1 aromatic heterocycles. The van der Waals surface area contributed by atoms with Crippen LogP contribution >= 0.6 is 0 Å². The summed E-state index contributed by atoms with van der Waals surface area (Å²) in [5.74, 6) is -0.392. The molecule has 1 aliphatic rings. The van der Waals surface area contributed by atoms with Gasteiger partial charge in [-0.05, 0) is 56.5 Å². The molecule has 0 aliphatic carbocycles. The summed E-state index contributed by atoms with van der Waals surface area (Å²) in [6, 6.07) is 15.9. The predicted molar refractivity (Wildman–Crippen MR) is 138 cm³/mol. The van der Waals surface area contributed by atoms with E-state index in [1.54, 1.807) is 6.07 Å². The lowest BCUT2D eigenvalue weighted by Gasteiger charge is -2.26. The number of piperidine rings is 1. The third-order valence-corrected chi connectivity index (χ3v) is 8.30. The van der Waals surface area contributed by atoms with Gasteiger partial charge in [0, 0.05) is 55.4 Å². The molecular formula is C26H32N4O4S. The Hall–Kier alpha value is -3.17. The number of nitrogens with one attached hydrogen (secondary N) is 2. The van der Waals surface area contributed by atoms with E-state index in [4.69, 9.17) is 0 Å². The van der Waals surface area contributed by atoms with Crippen molar-refractivity contribution in [3.8, 4) is 0 Å². The van der Waals surface area contributed by atoms with Crippen LogP contribution in [-0.2, 0) is 10.0 Å². The molecule has 0 spiro atoms. The van der Waals surface area contributed by atoms with Crippen LogP contribution in [-0.4, -0.2) is 56.3 Å². The summed E-state index contributed by atoms with van der Waals surface area (Å²) in [6.07, 6.45) is 3.43. The first-order valence-electron chi connectivity index (χ1n) is 12.2. The second-order valence-corrected chi connectivity index (χ2v) is 10.7. The number of carbonyl (C=O) groups is 1. The number of anilines is 1. The molecule has 0 bridgehead atoms. The van der Waals surface area contributed by atoms with E-state index >= 15 is 0 Å². The zero-order chi connectivity index (χ0) is 24.8. The van der Waals surface area contributed by atoms with E-state index in [9.17, 15) is 18.0 Å². The van der Waals surface area contributed by atoms with Crippen LogP contribution in [0.4, 0.5) is 5.69 Å². The Kier molecular flexibility index (Phi) is 7.87. The number of sulfonamides is 1. The van der Waals surface area contributed by atoms with Gasteiger partial charge < -0.3 is 15.2 Å². The number of aromatic nitrogens is 1. The Balaban J connectivity index is 1.50. The third kappa shape index (κ3) is 5.74. The maximum atomic E-state index is 13.1. The number of rotatable bonds is 9. The molecule has 1 aliphatic heterocycles. The third-order valence-electron chi connectivity index (χ3n) is 6.41. The van der Waals surface area contributed by atoms with Gasteiger partial charge in [-0.3, -0.25) is 9.59 Å². The SMILES string of the molecule is CCN(CCCNC(=O)c1cc(=O)[nH]c2ccc(S(=O)(=O)N3CCCCC3)cc12)c1ccccc1. The van der Waals surface area contributed by atoms with Gasteiger partial charge in [0.05, 0.1) is 10.5 Å². The van der Waals surface area contributed by atoms with Gasteiger partial charge >= 0.3 is 0 Å². The molecule has 2 heterocycles. The van der Waals surface area contributed by atoms with Crippen molar-refractivity contribution in [3.63, 3.8) is 0 Å². The number of nitrogens with zero attached hydrogens (tertiary/aromatic N) is 2. The van der Waals surface area contributed by atoms with E-state index in [-0.39, 0.29) is 10.5 Å². The normalized spacial score (nSPS) is 14.7. The fourth-order valence-corrected chi connectivity index (χ4v) is 6.06. The number of aromatic amines is 1. The first kappa shape index (κ1) is 24.9. The highest BCUT2D eigenvalue weighted by Crippen LogP contribution is 2.25. The molecule has 35 heavy (non-hydrogen) atoms. The zero-order valence-corrected chi connectivity index (χ0v) is 20.8. The van der Waals surface area contributed by atoms with Gasteiger partial charge in [-0.25, -0.2) is 8.42 Å². The summed E-state index contributed by atoms with van der Waals surface area (Å²) in [4.78, 5) is 30.3. The molecular weight excluding hydrogens is 464 g/mol. The van der Waals surface area contributed by atoms with Crippen LogP contribution in [0, 0.1) is 0 Å². The summed E-state index contributed by atoms with van der Waals surface area (Å²) in [6.45, 7) is 5.14. The number of hydrogen-bond acceptors (Lipinski definition) is 5. The van der Waals surface area contributed by atoms with E-state index in [2.05, 4.69) is 34.3 Å². The minimum Gasteiger partial charge on any atom is -0.372 e. The molecule has 1 amide bonds. The van der Waals surface area contributed by atoms with Crippen molar-refractivity contribution in [2.24, 2.45) is 0 Å². The van der Waals surface area contributed by atoms with Crippen molar-refractivity contribution < 1.29 is 13.2 Å². The van der Waals surface area contributed by atoms with Gasteiger partial charge in [-0.15, -0.1) is 0 Å². The van der Waals surface area contributed by atoms with Crippen LogP contribution in [0.25, 0.3) is 10.9 Å². The largest absolute Gasteiger partial charge is 0.372 e. The van der Waals surface area contributed by atoms with Crippen molar-refractivity contribution in [1.29, 1.82) is 0 Å². The van der Waals surface area contributed by atoms with Crippen LogP contribution in [0.15, 0.2) is 64.3 Å². The lowest BCUT2D eigenvalue weighted by molar-refractivity contribution is 0.0955. The monoisotopic (exact) mass is 496 g/mol. The molecule has 1 fully saturated rings. The molecule has 2 N–H and O–H groups in total. The van der Waals surface area contributed by atoms with Crippen molar-refractivity contribution in [2.45, 2.75) is 37.5 Å². The topological polar surface area (TPSA) is 103 Å². The summed E-state index contributed by atoms with van der Waals surface area (Å²) >= 11 is 0. The standard InChI is InChI=1S/C26H32N4O4S/c1-2-29(20-10-5-3-6-11-20)15-9-14-27-26(32)23-19-25(31)28-24-13-12-21(18-22(23)24)35(33,34)30-16-7-4-8-17-30/h3,5-6,10-13,18-19H,2,4,7-9,14-17H2,1H3,(H,27,32)(H,28,31). The van der Waals surface area contributed by atoms with E-state index in [0.717, 1.165) is 44.5 Å². The van der Waals surface area contributed by atoms with Crippen molar-refractivity contribution in [3.05, 3.63) is 70.5 Å². The highest BCUT2D eigenvalue weighted by atomic mass is 32.2. The second kappa shape index (κ2) is 11.0. The number of hydrogen-bond donors (Lipinski definition) is 2. The number of benzene rings is 2. The van der Waals surface area contributed by atoms with E-state index < -0.39 is 21.5 Å². The Morgan fingerprint density at radius 1 is 1.06 bits per heavy atom. The fourth-order valence-electron chi connectivity index (χ4n) is 4.51. The molecule has 1 saturated heterocycles. The molecule has 8 nitrogen and oxygen atoms in total. The van der Waals surface area contributed by atoms with Gasteiger partial charge in [0.2, 0.25) is 15.6 Å². The van der Waals surface area contributed by atoms with Crippen molar-refractivity contribution in [2.75, 3.05) is 37.6 Å². The summed E-state index contributed by atoms with van der Waals surface area (Å²) in [5, 5.41) is 3.31. The second-order valence-electron chi connectivity index (χ2n) is 8.74. The maximum absolute atomic E-state index is 13.1. The number of carbonyl (C=O) groups excluding carboxylic acids is 1. The van der Waals surface area contributed by atoms with Gasteiger partial charge in [-0.1, -0.05) is 24.6 Å². The quantitative estimate of drug-likeness (QED) is 0.442. The molecule has 0 saturated carbocycles. The van der Waals surface area contributed by atoms with Crippen LogP contribution in [0.5, 0.6) is 0 Å². The highest BCUT2D eigenvalue weighted by molar-refractivity contribution is 7.89. The van der Waals surface area contributed by atoms with E-state index in [0.29, 0.717) is 30.5 Å². The Labute approximate surface area is 206 Å². The Bertz CT molecular complexity index is 1330. The number of amides is 1. The van der Waals surface area contributed by atoms with Gasteiger partial charge in [0.25, 0.3) is 5.91 Å². The lowest BCUT2D eigenvalue weighted by Crippen LogP contribution is -2.35. The number of H-pyrrole nitrogens is 1. The molecule has 0 unspecified atom stereocenters. The summed E-state index contributed by atoms with van der Waals surface area (Å²) in [5.41, 5.74) is 1.33. The molecule has 2 aromatic carbocycles. The van der Waals surface area contributed by atoms with Crippen LogP contribution in [0.3, 0.4) is 0 Å². The van der Waals surface area contributed by atoms with E-state index in [1.165, 1.54) is 22.5 Å². The minimum atomic E-state index is -3.66. The minimum absolute atomic E-state index is 0.134. The lowest BCUT2D eigenvalue weighted by atomic mass is 10.1. The predicted octanol–water partition coefficient (Wildman–Crippen LogP) is 3.35.